The lowest BCUT2D eigenvalue weighted by molar-refractivity contribution is -0.137. The fraction of sp³-hybridized carbons (Fsp3) is 0.803. The molecule has 0 radical (unpaired) electrons. The minimum absolute atomic E-state index is 0.0000859. The van der Waals surface area contributed by atoms with Crippen molar-refractivity contribution >= 4 is 70.9 Å². The van der Waals surface area contributed by atoms with Gasteiger partial charge in [-0.2, -0.15) is 0 Å². The Morgan fingerprint density at radius 3 is 1.25 bits per heavy atom. The molecule has 0 rings (SSSR count). The molecule has 0 aliphatic carbocycles. The highest BCUT2D eigenvalue weighted by atomic mass is 16.3. The largest absolute Gasteiger partial charge is 0.391 e. The van der Waals surface area contributed by atoms with Crippen LogP contribution in [0.4, 0.5) is 0 Å². The van der Waals surface area contributed by atoms with Crippen LogP contribution in [-0.2, 0) is 52.7 Å². The van der Waals surface area contributed by atoms with Gasteiger partial charge in [0, 0.05) is 19.5 Å². The van der Waals surface area contributed by atoms with Crippen molar-refractivity contribution in [3.8, 4) is 0 Å². The third-order valence-electron chi connectivity index (χ3n) is 14.7. The van der Waals surface area contributed by atoms with Crippen LogP contribution in [0.3, 0.4) is 0 Å². The van der Waals surface area contributed by atoms with Gasteiger partial charge in [0.2, 0.25) is 65.0 Å². The lowest BCUT2D eigenvalue weighted by Gasteiger charge is -2.30. The minimum atomic E-state index is -1.65. The average Bonchev–Trinajstić information content (AvgIpc) is 3.36. The van der Waals surface area contributed by atoms with Crippen LogP contribution in [0.15, 0.2) is 4.99 Å². The molecule has 11 amide bonds. The fourth-order valence-electron chi connectivity index (χ4n) is 9.61. The van der Waals surface area contributed by atoms with Crippen molar-refractivity contribution in [1.29, 1.82) is 0 Å². The zero-order valence-corrected chi connectivity index (χ0v) is 55.5. The van der Waals surface area contributed by atoms with E-state index in [1.54, 1.807) is 13.8 Å². The van der Waals surface area contributed by atoms with E-state index in [2.05, 4.69) is 65.1 Å². The molecule has 0 aromatic carbocycles. The SMILES string of the molecule is CCCCCCC(=O)NCCCC[C@@H](NC(=O)[C@H](CC(C)C)NC(=O)[C@H](CC(C)C)NC(=O)CN)C(=O)N[C@@H](CCCN=C(N)N)C(=O)N[C@H](C(=O)N[C@H](CCCCN)C(=O)N[C@H](C(=O)N[C@@H](CC(C)C)C(=O)N[C@@H](CC(C)C)C(N)=O)[C@@H](C)O)[C@@H](C)CC. The maximum Gasteiger partial charge on any atom is 0.245 e. The standard InChI is InChI=1S/C61H116N16O12/c1-13-15-16-17-26-48(79)67-28-21-19-24-41(71-57(86)46(32-37(7)8)74-56(85)45(31-36(5)6)69-49(80)34-63)53(82)70-43(25-22-29-68-61(65)66)54(83)76-50(39(11)14-2)59(88)72-42(23-18-20-27-62)55(84)77-51(40(12)78)60(89)75-47(33-38(9)10)58(87)73-44(52(64)81)30-35(3)4/h35-47,50-51,78H,13-34,62-63H2,1-12H3,(H2,64,81)(H,67,79)(H,69,80)(H,70,82)(H,71,86)(H,72,88)(H,73,87)(H,74,85)(H,75,89)(H,76,83)(H,77,84)(H4,65,66,68)/t39-,40+,41+,42+,43-,44-,45-,46-,47-,50-,51-/m0/s1. The van der Waals surface area contributed by atoms with Gasteiger partial charge in [0.25, 0.3) is 0 Å². The van der Waals surface area contributed by atoms with E-state index >= 15 is 0 Å². The normalized spacial score (nSPS) is 15.1. The Bertz CT molecular complexity index is 2230. The molecule has 0 spiro atoms. The first kappa shape index (κ1) is 82.3. The topological polar surface area (TPSA) is 471 Å². The van der Waals surface area contributed by atoms with E-state index in [0.29, 0.717) is 38.5 Å². The molecule has 0 saturated carbocycles. The molecule has 89 heavy (non-hydrogen) atoms. The van der Waals surface area contributed by atoms with Gasteiger partial charge in [-0.15, -0.1) is 0 Å². The molecule has 0 aliphatic rings. The summed E-state index contributed by atoms with van der Waals surface area (Å²) >= 11 is 0. The van der Waals surface area contributed by atoms with Crippen molar-refractivity contribution in [2.45, 2.75) is 259 Å². The van der Waals surface area contributed by atoms with Crippen molar-refractivity contribution in [3.05, 3.63) is 0 Å². The fourth-order valence-corrected chi connectivity index (χ4v) is 9.61. The van der Waals surface area contributed by atoms with Crippen LogP contribution in [0.2, 0.25) is 0 Å². The summed E-state index contributed by atoms with van der Waals surface area (Å²) in [5.74, 6) is -8.87. The molecular formula is C61H116N16O12. The number of hydrogen-bond donors (Lipinski definition) is 16. The summed E-state index contributed by atoms with van der Waals surface area (Å²) in [5.41, 5.74) is 28.2. The number of guanidine groups is 1. The van der Waals surface area contributed by atoms with E-state index in [0.717, 1.165) is 25.7 Å². The minimum Gasteiger partial charge on any atom is -0.391 e. The summed E-state index contributed by atoms with van der Waals surface area (Å²) in [5, 5.41) is 38.0. The Morgan fingerprint density at radius 2 is 0.809 bits per heavy atom. The molecule has 11 atom stereocenters. The maximum atomic E-state index is 14.7. The van der Waals surface area contributed by atoms with Gasteiger partial charge in [0.05, 0.1) is 12.6 Å². The lowest BCUT2D eigenvalue weighted by Crippen LogP contribution is -2.62. The molecule has 0 fully saturated rings. The summed E-state index contributed by atoms with van der Waals surface area (Å²) < 4.78 is 0. The van der Waals surface area contributed by atoms with Crippen molar-refractivity contribution in [3.63, 3.8) is 0 Å². The highest BCUT2D eigenvalue weighted by Crippen LogP contribution is 2.16. The molecule has 0 aliphatic heterocycles. The van der Waals surface area contributed by atoms with E-state index < -0.39 is 125 Å². The van der Waals surface area contributed by atoms with Crippen molar-refractivity contribution in [1.82, 2.24) is 53.2 Å². The van der Waals surface area contributed by atoms with Crippen LogP contribution in [-0.4, -0.2) is 163 Å². The molecule has 0 bridgehead atoms. The molecule has 0 heterocycles. The summed E-state index contributed by atoms with van der Waals surface area (Å²) in [4.78, 5) is 155. The number of amides is 11. The molecule has 0 unspecified atom stereocenters. The third kappa shape index (κ3) is 35.9. The van der Waals surface area contributed by atoms with Gasteiger partial charge in [-0.25, -0.2) is 0 Å². The summed E-state index contributed by atoms with van der Waals surface area (Å²) in [6.45, 7) is 21.7. The van der Waals surface area contributed by atoms with Crippen molar-refractivity contribution < 1.29 is 57.8 Å². The Kier molecular flexibility index (Phi) is 42.1. The van der Waals surface area contributed by atoms with Gasteiger partial charge >= 0.3 is 0 Å². The van der Waals surface area contributed by atoms with Crippen molar-refractivity contribution in [2.75, 3.05) is 26.2 Å². The number of primary amides is 1. The first-order valence-corrected chi connectivity index (χ1v) is 32.2. The van der Waals surface area contributed by atoms with Crippen LogP contribution < -0.4 is 81.8 Å². The summed E-state index contributed by atoms with van der Waals surface area (Å²) in [7, 11) is 0. The second kappa shape index (κ2) is 45.5. The number of carbonyl (C=O) groups excluding carboxylic acids is 11. The number of rotatable bonds is 48. The van der Waals surface area contributed by atoms with Gasteiger partial charge < -0.3 is 86.9 Å². The van der Waals surface area contributed by atoms with Crippen molar-refractivity contribution in [2.24, 2.45) is 63.3 Å². The smallest absolute Gasteiger partial charge is 0.245 e. The van der Waals surface area contributed by atoms with E-state index in [-0.39, 0.29) is 113 Å². The predicted octanol–water partition coefficient (Wildman–Crippen LogP) is -0.156. The molecule has 28 nitrogen and oxygen atoms in total. The molecule has 28 heteroatoms. The number of nitrogens with two attached hydrogens (primary N) is 5. The molecule has 0 aromatic rings. The Balaban J connectivity index is 7.25. The zero-order valence-electron chi connectivity index (χ0n) is 55.5. The van der Waals surface area contributed by atoms with Crippen LogP contribution in [0, 0.1) is 29.6 Å². The second-order valence-electron chi connectivity index (χ2n) is 25.1. The molecular weight excluding hydrogens is 1150 g/mol. The van der Waals surface area contributed by atoms with Gasteiger partial charge in [0.1, 0.15) is 54.4 Å². The number of unbranched alkanes of at least 4 members (excludes halogenated alkanes) is 5. The number of aliphatic hydroxyl groups is 1. The summed E-state index contributed by atoms with van der Waals surface area (Å²) in [6.07, 6.45) is 5.15. The average molecular weight is 1270 g/mol. The third-order valence-corrected chi connectivity index (χ3v) is 14.7. The Morgan fingerprint density at radius 1 is 0.416 bits per heavy atom. The molecule has 21 N–H and O–H groups in total. The van der Waals surface area contributed by atoms with Gasteiger partial charge in [-0.05, 0) is 127 Å². The first-order valence-electron chi connectivity index (χ1n) is 32.2. The van der Waals surface area contributed by atoms with E-state index in [4.69, 9.17) is 28.7 Å². The predicted molar refractivity (Wildman–Crippen MR) is 343 cm³/mol. The van der Waals surface area contributed by atoms with E-state index in [1.807, 2.05) is 55.4 Å². The summed E-state index contributed by atoms with van der Waals surface area (Å²) in [6, 6.07) is -11.5. The van der Waals surface area contributed by atoms with Gasteiger partial charge in [0.15, 0.2) is 5.96 Å². The van der Waals surface area contributed by atoms with Crippen LogP contribution in [0.25, 0.3) is 0 Å². The van der Waals surface area contributed by atoms with Gasteiger partial charge in [-0.1, -0.05) is 102 Å². The highest BCUT2D eigenvalue weighted by Gasteiger charge is 2.38. The Labute approximate surface area is 528 Å². The first-order chi connectivity index (χ1) is 41.8. The maximum absolute atomic E-state index is 14.7. The van der Waals surface area contributed by atoms with E-state index in [9.17, 15) is 57.8 Å². The Hall–Kier alpha value is -6.68. The number of nitrogens with zero attached hydrogens (tertiary/aromatic N) is 1. The quantitative estimate of drug-likeness (QED) is 0.0214. The number of carbonyl (C=O) groups is 11. The molecule has 0 aromatic heterocycles. The monoisotopic (exact) mass is 1260 g/mol. The zero-order chi connectivity index (χ0) is 67.9. The van der Waals surface area contributed by atoms with Crippen LogP contribution in [0.1, 0.15) is 199 Å². The number of hydrogen-bond acceptors (Lipinski definition) is 15. The molecule has 512 valence electrons. The number of aliphatic hydroxyl groups excluding tert-OH is 1. The van der Waals surface area contributed by atoms with Crippen LogP contribution in [0.5, 0.6) is 0 Å². The highest BCUT2D eigenvalue weighted by molar-refractivity contribution is 5.98. The molecule has 0 saturated heterocycles. The number of nitrogens with one attached hydrogen (secondary N) is 10. The lowest BCUT2D eigenvalue weighted by atomic mass is 9.96. The number of aliphatic imine (C=N–C) groups is 1. The van der Waals surface area contributed by atoms with E-state index in [1.165, 1.54) is 6.92 Å². The van der Waals surface area contributed by atoms with Crippen LogP contribution >= 0.6 is 0 Å². The second-order valence-corrected chi connectivity index (χ2v) is 25.1. The van der Waals surface area contributed by atoms with Gasteiger partial charge in [-0.3, -0.25) is 57.7 Å².